The van der Waals surface area contributed by atoms with Gasteiger partial charge in [-0.1, -0.05) is 40.5 Å². The Morgan fingerprint density at radius 2 is 1.48 bits per heavy atom. The molecule has 3 unspecified atom stereocenters. The van der Waals surface area contributed by atoms with Crippen molar-refractivity contribution in [2.45, 2.75) is 79.2 Å². The van der Waals surface area contributed by atoms with E-state index in [2.05, 4.69) is 0 Å². The molecule has 2 aliphatic carbocycles. The fraction of sp³-hybridized carbons (Fsp3) is 0.889. The molecule has 0 bridgehead atoms. The van der Waals surface area contributed by atoms with Crippen molar-refractivity contribution >= 4 is 11.6 Å². The molecule has 0 aromatic rings. The second-order valence-corrected chi connectivity index (χ2v) is 7.39. The van der Waals surface area contributed by atoms with Gasteiger partial charge in [-0.25, -0.2) is 0 Å². The average Bonchev–Trinajstić information content (AvgIpc) is 2.42. The van der Waals surface area contributed by atoms with Crippen LogP contribution < -0.4 is 0 Å². The lowest BCUT2D eigenvalue weighted by Gasteiger charge is -2.37. The lowest BCUT2D eigenvalue weighted by molar-refractivity contribution is -0.141. The Kier molecular flexibility index (Phi) is 6.58. The Morgan fingerprint density at radius 1 is 1.00 bits per heavy atom. The largest absolute Gasteiger partial charge is 0.392 e. The van der Waals surface area contributed by atoms with E-state index in [0.717, 1.165) is 32.1 Å². The topological polar surface area (TPSA) is 54.4 Å². The third-order valence-electron chi connectivity index (χ3n) is 5.51. The Hall–Kier alpha value is -0.700. The predicted octanol–water partition coefficient (Wildman–Crippen LogP) is 3.77. The summed E-state index contributed by atoms with van der Waals surface area (Å²) in [5, 5.41) is 9.50. The minimum absolute atomic E-state index is 0.137. The summed E-state index contributed by atoms with van der Waals surface area (Å²) in [5.41, 5.74) is -0.475. The molecule has 0 aromatic carbocycles. The monoisotopic (exact) mass is 296 g/mol. The molecule has 0 aliphatic heterocycles. The van der Waals surface area contributed by atoms with Crippen LogP contribution in [0.25, 0.3) is 0 Å². The van der Waals surface area contributed by atoms with E-state index < -0.39 is 11.5 Å². The van der Waals surface area contributed by atoms with Gasteiger partial charge in [0.1, 0.15) is 11.6 Å². The number of aliphatic hydroxyl groups is 1. The maximum absolute atomic E-state index is 11.7. The molecule has 3 nitrogen and oxygen atoms in total. The molecule has 21 heavy (non-hydrogen) atoms. The van der Waals surface area contributed by atoms with Crippen molar-refractivity contribution < 1.29 is 14.7 Å². The van der Waals surface area contributed by atoms with Crippen molar-refractivity contribution in [3.63, 3.8) is 0 Å². The molecule has 0 saturated heterocycles. The summed E-state index contributed by atoms with van der Waals surface area (Å²) in [4.78, 5) is 22.9. The zero-order valence-electron chi connectivity index (χ0n) is 14.3. The van der Waals surface area contributed by atoms with E-state index in [1.54, 1.807) is 6.92 Å². The van der Waals surface area contributed by atoms with Gasteiger partial charge in [-0.05, 0) is 32.6 Å². The minimum Gasteiger partial charge on any atom is -0.392 e. The van der Waals surface area contributed by atoms with E-state index in [-0.39, 0.29) is 11.7 Å². The standard InChI is InChI=1S/C10H18O2.C8H14O/c1-7-5-4-6-10(3,8(2)11)9(7)12;1-6-4-3-5-7(2)8(6)9/h7-8,11H,4-6H2,1-3H3;6-7H,3-5H2,1-2H3/t7-,8?,10+;/m1./s1. The highest BCUT2D eigenvalue weighted by Crippen LogP contribution is 2.38. The van der Waals surface area contributed by atoms with Gasteiger partial charge in [0.2, 0.25) is 0 Å². The first kappa shape index (κ1) is 18.3. The van der Waals surface area contributed by atoms with E-state index in [9.17, 15) is 14.7 Å². The molecule has 0 spiro atoms. The van der Waals surface area contributed by atoms with Gasteiger partial charge in [-0.3, -0.25) is 9.59 Å². The van der Waals surface area contributed by atoms with E-state index in [4.69, 9.17) is 0 Å². The molecule has 5 atom stereocenters. The quantitative estimate of drug-likeness (QED) is 0.801. The number of carbonyl (C=O) groups is 2. The average molecular weight is 296 g/mol. The van der Waals surface area contributed by atoms with E-state index in [0.29, 0.717) is 17.6 Å². The maximum atomic E-state index is 11.7. The van der Waals surface area contributed by atoms with Gasteiger partial charge in [0.25, 0.3) is 0 Å². The van der Waals surface area contributed by atoms with Crippen LogP contribution in [0.5, 0.6) is 0 Å². The molecule has 0 heterocycles. The molecular weight excluding hydrogens is 264 g/mol. The van der Waals surface area contributed by atoms with Crippen molar-refractivity contribution in [1.29, 1.82) is 0 Å². The second kappa shape index (κ2) is 7.53. The highest BCUT2D eigenvalue weighted by Gasteiger charge is 2.42. The molecule has 2 aliphatic rings. The molecule has 0 aromatic heterocycles. The SMILES string of the molecule is CC(O)[C@]1(C)CCC[C@@H](C)C1=O.CC1CCCC(C)C1=O. The summed E-state index contributed by atoms with van der Waals surface area (Å²) in [6.07, 6.45) is 5.86. The highest BCUT2D eigenvalue weighted by atomic mass is 16.3. The van der Waals surface area contributed by atoms with Gasteiger partial charge in [0, 0.05) is 17.8 Å². The zero-order valence-corrected chi connectivity index (χ0v) is 14.3. The van der Waals surface area contributed by atoms with E-state index in [1.165, 1.54) is 6.42 Å². The van der Waals surface area contributed by atoms with Crippen LogP contribution in [0.1, 0.15) is 73.1 Å². The first-order valence-electron chi connectivity index (χ1n) is 8.46. The van der Waals surface area contributed by atoms with Gasteiger partial charge in [0.15, 0.2) is 0 Å². The maximum Gasteiger partial charge on any atom is 0.144 e. The zero-order chi connectivity index (χ0) is 16.2. The van der Waals surface area contributed by atoms with Crippen LogP contribution in [0, 0.1) is 23.2 Å². The first-order valence-corrected chi connectivity index (χ1v) is 8.46. The number of hydrogen-bond acceptors (Lipinski definition) is 3. The third kappa shape index (κ3) is 4.38. The molecule has 2 saturated carbocycles. The summed E-state index contributed by atoms with van der Waals surface area (Å²) in [6, 6.07) is 0. The molecule has 2 fully saturated rings. The van der Waals surface area contributed by atoms with Gasteiger partial charge >= 0.3 is 0 Å². The predicted molar refractivity (Wildman–Crippen MR) is 85.0 cm³/mol. The molecular formula is C18H32O3. The number of aliphatic hydroxyl groups excluding tert-OH is 1. The molecule has 122 valence electrons. The lowest BCUT2D eigenvalue weighted by Crippen LogP contribution is -2.44. The first-order chi connectivity index (χ1) is 9.70. The van der Waals surface area contributed by atoms with Gasteiger partial charge < -0.3 is 5.11 Å². The van der Waals surface area contributed by atoms with Crippen LogP contribution >= 0.6 is 0 Å². The highest BCUT2D eigenvalue weighted by molar-refractivity contribution is 5.87. The van der Waals surface area contributed by atoms with Crippen molar-refractivity contribution in [1.82, 2.24) is 0 Å². The van der Waals surface area contributed by atoms with Crippen molar-refractivity contribution in [3.05, 3.63) is 0 Å². The minimum atomic E-state index is -0.507. The summed E-state index contributed by atoms with van der Waals surface area (Å²) in [7, 11) is 0. The fourth-order valence-electron chi connectivity index (χ4n) is 3.51. The number of rotatable bonds is 1. The van der Waals surface area contributed by atoms with Crippen molar-refractivity contribution in [2.24, 2.45) is 23.2 Å². The Balaban J connectivity index is 0.000000219. The number of ketones is 2. The van der Waals surface area contributed by atoms with Gasteiger partial charge in [-0.15, -0.1) is 0 Å². The van der Waals surface area contributed by atoms with Crippen molar-refractivity contribution in [3.8, 4) is 0 Å². The summed E-state index contributed by atoms with van der Waals surface area (Å²) in [5.74, 6) is 1.53. The molecule has 1 N–H and O–H groups in total. The van der Waals surface area contributed by atoms with Crippen LogP contribution in [0.4, 0.5) is 0 Å². The van der Waals surface area contributed by atoms with Crippen LogP contribution in [0.15, 0.2) is 0 Å². The fourth-order valence-corrected chi connectivity index (χ4v) is 3.51. The summed E-state index contributed by atoms with van der Waals surface area (Å²) in [6.45, 7) is 9.64. The third-order valence-corrected chi connectivity index (χ3v) is 5.51. The molecule has 0 amide bonds. The number of carbonyl (C=O) groups excluding carboxylic acids is 2. The summed E-state index contributed by atoms with van der Waals surface area (Å²) < 4.78 is 0. The second-order valence-electron chi connectivity index (χ2n) is 7.39. The lowest BCUT2D eigenvalue weighted by atomic mass is 9.67. The van der Waals surface area contributed by atoms with Crippen LogP contribution in [-0.4, -0.2) is 22.8 Å². The Bertz CT molecular complexity index is 363. The Morgan fingerprint density at radius 3 is 1.86 bits per heavy atom. The van der Waals surface area contributed by atoms with Crippen LogP contribution in [0.2, 0.25) is 0 Å². The van der Waals surface area contributed by atoms with E-state index in [1.807, 2.05) is 27.7 Å². The van der Waals surface area contributed by atoms with Crippen LogP contribution in [-0.2, 0) is 9.59 Å². The Labute approximate surface area is 129 Å². The van der Waals surface area contributed by atoms with E-state index >= 15 is 0 Å². The molecule has 0 radical (unpaired) electrons. The van der Waals surface area contributed by atoms with Gasteiger partial charge in [-0.2, -0.15) is 0 Å². The molecule has 3 heteroatoms. The van der Waals surface area contributed by atoms with Crippen molar-refractivity contribution in [2.75, 3.05) is 0 Å². The van der Waals surface area contributed by atoms with Gasteiger partial charge in [0.05, 0.1) is 11.5 Å². The van der Waals surface area contributed by atoms with Crippen LogP contribution in [0.3, 0.4) is 0 Å². The summed E-state index contributed by atoms with van der Waals surface area (Å²) >= 11 is 0. The number of Topliss-reactive ketones (excluding diaryl/α,β-unsaturated/α-hetero) is 2. The smallest absolute Gasteiger partial charge is 0.144 e. The number of hydrogen-bond donors (Lipinski definition) is 1. The molecule has 2 rings (SSSR count). The normalized spacial score (nSPS) is 38.5.